The molecular weight excluding hydrogens is 255 g/mol. The van der Waals surface area contributed by atoms with E-state index in [0.29, 0.717) is 17.9 Å². The first-order chi connectivity index (χ1) is 9.60. The summed E-state index contributed by atoms with van der Waals surface area (Å²) in [5.41, 5.74) is 2.29. The van der Waals surface area contributed by atoms with Crippen LogP contribution >= 0.6 is 0 Å². The van der Waals surface area contributed by atoms with Gasteiger partial charge in [0.2, 0.25) is 0 Å². The molecule has 0 saturated carbocycles. The average Bonchev–Trinajstić information content (AvgIpc) is 2.41. The molecule has 0 saturated heterocycles. The molecule has 1 heterocycles. The normalized spacial score (nSPS) is 10.8. The predicted molar refractivity (Wildman–Crippen MR) is 78.2 cm³/mol. The minimum atomic E-state index is -0.256. The first kappa shape index (κ1) is 14.5. The number of rotatable bonds is 5. The van der Waals surface area contributed by atoms with Gasteiger partial charge in [-0.2, -0.15) is 0 Å². The molecule has 0 aliphatic heterocycles. The van der Waals surface area contributed by atoms with Gasteiger partial charge in [-0.05, 0) is 44.7 Å². The number of ether oxygens (including phenoxy) is 1. The largest absolute Gasteiger partial charge is 0.489 e. The third-order valence-electron chi connectivity index (χ3n) is 2.81. The van der Waals surface area contributed by atoms with Gasteiger partial charge >= 0.3 is 0 Å². The van der Waals surface area contributed by atoms with Crippen LogP contribution in [0, 0.1) is 5.82 Å². The summed E-state index contributed by atoms with van der Waals surface area (Å²) in [6.07, 6.45) is 3.35. The number of nitrogens with zero attached hydrogens (tertiary/aromatic N) is 1. The fraction of sp³-hybridized carbons (Fsp3) is 0.312. The Labute approximate surface area is 118 Å². The lowest BCUT2D eigenvalue weighted by molar-refractivity contribution is 0.241. The minimum Gasteiger partial charge on any atom is -0.489 e. The molecule has 2 rings (SSSR count). The molecule has 0 aliphatic carbocycles. The van der Waals surface area contributed by atoms with E-state index in [1.54, 1.807) is 18.5 Å². The van der Waals surface area contributed by atoms with Crippen LogP contribution in [0.5, 0.6) is 5.75 Å². The van der Waals surface area contributed by atoms with Crippen LogP contribution < -0.4 is 10.1 Å². The number of aromatic nitrogens is 1. The summed E-state index contributed by atoms with van der Waals surface area (Å²) in [6, 6.07) is 6.91. The van der Waals surface area contributed by atoms with Crippen LogP contribution in [-0.2, 0) is 6.54 Å². The molecule has 0 spiro atoms. The highest BCUT2D eigenvalue weighted by Gasteiger charge is 2.08. The number of nitrogens with one attached hydrogen (secondary N) is 1. The number of halogens is 1. The van der Waals surface area contributed by atoms with Crippen molar-refractivity contribution in [2.45, 2.75) is 26.5 Å². The molecule has 1 aromatic heterocycles. The smallest absolute Gasteiger partial charge is 0.138 e. The molecule has 0 atom stereocenters. The molecule has 0 fully saturated rings. The van der Waals surface area contributed by atoms with Crippen molar-refractivity contribution in [3.05, 3.63) is 48.0 Å². The van der Waals surface area contributed by atoms with Gasteiger partial charge in [-0.3, -0.25) is 4.98 Å². The van der Waals surface area contributed by atoms with Crippen LogP contribution in [-0.4, -0.2) is 18.1 Å². The molecule has 3 nitrogen and oxygen atoms in total. The van der Waals surface area contributed by atoms with Gasteiger partial charge in [-0.1, -0.05) is 6.07 Å². The van der Waals surface area contributed by atoms with E-state index in [9.17, 15) is 4.39 Å². The van der Waals surface area contributed by atoms with Crippen molar-refractivity contribution in [2.75, 3.05) is 7.05 Å². The molecule has 0 radical (unpaired) electrons. The quantitative estimate of drug-likeness (QED) is 0.907. The van der Waals surface area contributed by atoms with E-state index < -0.39 is 0 Å². The van der Waals surface area contributed by atoms with E-state index >= 15 is 0 Å². The Kier molecular flexibility index (Phi) is 4.69. The maximum absolute atomic E-state index is 14.0. The molecule has 1 N–H and O–H groups in total. The van der Waals surface area contributed by atoms with Gasteiger partial charge in [0.15, 0.2) is 0 Å². The van der Waals surface area contributed by atoms with Crippen LogP contribution in [0.25, 0.3) is 11.1 Å². The van der Waals surface area contributed by atoms with Crippen molar-refractivity contribution >= 4 is 0 Å². The standard InChI is InChI=1S/C16H19FN2O/c1-11(2)20-14-7-13(9-19-10-14)15-6-12(8-18-3)4-5-16(15)17/h4-7,9-11,18H,8H2,1-3H3. The summed E-state index contributed by atoms with van der Waals surface area (Å²) in [5.74, 6) is 0.393. The van der Waals surface area contributed by atoms with Crippen LogP contribution in [0.2, 0.25) is 0 Å². The average molecular weight is 274 g/mol. The topological polar surface area (TPSA) is 34.2 Å². The fourth-order valence-corrected chi connectivity index (χ4v) is 2.01. The fourth-order valence-electron chi connectivity index (χ4n) is 2.01. The summed E-state index contributed by atoms with van der Waals surface area (Å²) in [7, 11) is 1.86. The number of hydrogen-bond donors (Lipinski definition) is 1. The van der Waals surface area contributed by atoms with E-state index in [0.717, 1.165) is 11.1 Å². The predicted octanol–water partition coefficient (Wildman–Crippen LogP) is 3.39. The van der Waals surface area contributed by atoms with Crippen molar-refractivity contribution in [2.24, 2.45) is 0 Å². The third-order valence-corrected chi connectivity index (χ3v) is 2.81. The lowest BCUT2D eigenvalue weighted by Crippen LogP contribution is -2.06. The van der Waals surface area contributed by atoms with Crippen LogP contribution in [0.15, 0.2) is 36.7 Å². The minimum absolute atomic E-state index is 0.0625. The highest BCUT2D eigenvalue weighted by Crippen LogP contribution is 2.26. The maximum atomic E-state index is 14.0. The molecule has 0 bridgehead atoms. The van der Waals surface area contributed by atoms with E-state index in [1.165, 1.54) is 6.07 Å². The van der Waals surface area contributed by atoms with E-state index in [2.05, 4.69) is 10.3 Å². The maximum Gasteiger partial charge on any atom is 0.138 e. The molecular formula is C16H19FN2O. The zero-order valence-corrected chi connectivity index (χ0v) is 12.0. The summed E-state index contributed by atoms with van der Waals surface area (Å²) in [4.78, 5) is 4.12. The Morgan fingerprint density at radius 2 is 2.05 bits per heavy atom. The van der Waals surface area contributed by atoms with E-state index in [1.807, 2.05) is 33.0 Å². The van der Waals surface area contributed by atoms with Gasteiger partial charge in [0.25, 0.3) is 0 Å². The van der Waals surface area contributed by atoms with Crippen LogP contribution in [0.3, 0.4) is 0 Å². The highest BCUT2D eigenvalue weighted by molar-refractivity contribution is 5.65. The Morgan fingerprint density at radius 1 is 1.25 bits per heavy atom. The molecule has 106 valence electrons. The van der Waals surface area contributed by atoms with Gasteiger partial charge in [0.05, 0.1) is 12.3 Å². The van der Waals surface area contributed by atoms with E-state index in [-0.39, 0.29) is 11.9 Å². The van der Waals surface area contributed by atoms with Gasteiger partial charge in [-0.15, -0.1) is 0 Å². The van der Waals surface area contributed by atoms with Crippen molar-refractivity contribution in [1.29, 1.82) is 0 Å². The van der Waals surface area contributed by atoms with Crippen molar-refractivity contribution < 1.29 is 9.13 Å². The zero-order chi connectivity index (χ0) is 14.5. The van der Waals surface area contributed by atoms with Gasteiger partial charge in [0, 0.05) is 23.9 Å². The zero-order valence-electron chi connectivity index (χ0n) is 12.0. The third kappa shape index (κ3) is 3.54. The highest BCUT2D eigenvalue weighted by atomic mass is 19.1. The number of hydrogen-bond acceptors (Lipinski definition) is 3. The molecule has 1 aromatic carbocycles. The Morgan fingerprint density at radius 3 is 2.75 bits per heavy atom. The first-order valence-corrected chi connectivity index (χ1v) is 6.65. The molecule has 0 amide bonds. The lowest BCUT2D eigenvalue weighted by atomic mass is 10.0. The van der Waals surface area contributed by atoms with Crippen molar-refractivity contribution in [1.82, 2.24) is 10.3 Å². The SMILES string of the molecule is CNCc1ccc(F)c(-c2cncc(OC(C)C)c2)c1. The van der Waals surface area contributed by atoms with Crippen LogP contribution in [0.1, 0.15) is 19.4 Å². The summed E-state index contributed by atoms with van der Waals surface area (Å²) in [6.45, 7) is 4.59. The van der Waals surface area contributed by atoms with Crippen molar-refractivity contribution in [3.8, 4) is 16.9 Å². The van der Waals surface area contributed by atoms with Crippen molar-refractivity contribution in [3.63, 3.8) is 0 Å². The molecule has 20 heavy (non-hydrogen) atoms. The number of benzene rings is 1. The van der Waals surface area contributed by atoms with Gasteiger partial charge < -0.3 is 10.1 Å². The molecule has 2 aromatic rings. The summed E-state index contributed by atoms with van der Waals surface area (Å²) in [5, 5.41) is 3.06. The first-order valence-electron chi connectivity index (χ1n) is 6.65. The van der Waals surface area contributed by atoms with Gasteiger partial charge in [-0.25, -0.2) is 4.39 Å². The molecule has 4 heteroatoms. The van der Waals surface area contributed by atoms with Gasteiger partial charge in [0.1, 0.15) is 11.6 Å². The number of pyridine rings is 1. The Bertz CT molecular complexity index is 584. The van der Waals surface area contributed by atoms with Crippen LogP contribution in [0.4, 0.5) is 4.39 Å². The molecule has 0 aliphatic rings. The monoisotopic (exact) mass is 274 g/mol. The summed E-state index contributed by atoms with van der Waals surface area (Å²) < 4.78 is 19.6. The lowest BCUT2D eigenvalue weighted by Gasteiger charge is -2.11. The van der Waals surface area contributed by atoms with E-state index in [4.69, 9.17) is 4.74 Å². The Balaban J connectivity index is 2.37. The second kappa shape index (κ2) is 6.48. The summed E-state index contributed by atoms with van der Waals surface area (Å²) >= 11 is 0. The second-order valence-electron chi connectivity index (χ2n) is 4.92. The molecule has 0 unspecified atom stereocenters. The second-order valence-corrected chi connectivity index (χ2v) is 4.92. The Hall–Kier alpha value is -1.94.